The molecule has 3 aromatic rings. The summed E-state index contributed by atoms with van der Waals surface area (Å²) in [6.07, 6.45) is 8.00. The molecule has 7 nitrogen and oxygen atoms in total. The van der Waals surface area contributed by atoms with Gasteiger partial charge in [-0.05, 0) is 66.3 Å². The third kappa shape index (κ3) is 7.65. The van der Waals surface area contributed by atoms with Crippen LogP contribution in [-0.2, 0) is 10.4 Å². The van der Waals surface area contributed by atoms with Gasteiger partial charge in [-0.1, -0.05) is 48.0 Å². The van der Waals surface area contributed by atoms with Crippen molar-refractivity contribution in [2.24, 2.45) is 0 Å². The molecule has 0 aliphatic carbocycles. The van der Waals surface area contributed by atoms with E-state index in [4.69, 9.17) is 21.4 Å². The fourth-order valence-electron chi connectivity index (χ4n) is 4.66. The van der Waals surface area contributed by atoms with Gasteiger partial charge in [-0.15, -0.1) is 0 Å². The first-order chi connectivity index (χ1) is 18.5. The van der Waals surface area contributed by atoms with Gasteiger partial charge in [0.2, 0.25) is 0 Å². The molecule has 2 heterocycles. The van der Waals surface area contributed by atoms with Gasteiger partial charge in [-0.25, -0.2) is 0 Å². The Hall–Kier alpha value is -3.23. The van der Waals surface area contributed by atoms with Crippen molar-refractivity contribution in [1.82, 2.24) is 15.2 Å². The number of nitrogens with one attached hydrogen (secondary N) is 1. The molecule has 4 rings (SSSR count). The van der Waals surface area contributed by atoms with Crippen LogP contribution < -0.4 is 10.1 Å². The van der Waals surface area contributed by atoms with Crippen LogP contribution in [0.4, 0.5) is 0 Å². The summed E-state index contributed by atoms with van der Waals surface area (Å²) in [4.78, 5) is 18.5. The van der Waals surface area contributed by atoms with E-state index < -0.39 is 5.60 Å². The number of nitrogens with zero attached hydrogens (tertiary/aromatic N) is 2. The summed E-state index contributed by atoms with van der Waals surface area (Å²) in [5.74, 6) is 0.311. The molecular formula is C30H34ClN3O4. The molecule has 3 N–H and O–H groups in total. The monoisotopic (exact) mass is 535 g/mol. The highest BCUT2D eigenvalue weighted by molar-refractivity contribution is 6.30. The van der Waals surface area contributed by atoms with Crippen LogP contribution in [0.3, 0.4) is 0 Å². The summed E-state index contributed by atoms with van der Waals surface area (Å²) in [6, 6.07) is 19.1. The number of pyridine rings is 1. The number of piperidine rings is 1. The molecule has 0 unspecified atom stereocenters. The number of carbonyl (C=O) groups excluding carboxylic acids is 1. The third-order valence-corrected chi connectivity index (χ3v) is 7.03. The molecule has 1 amide bonds. The minimum Gasteiger partial charge on any atom is -0.484 e. The van der Waals surface area contributed by atoms with E-state index in [1.165, 1.54) is 0 Å². The topological polar surface area (TPSA) is 94.9 Å². The van der Waals surface area contributed by atoms with Crippen LogP contribution in [0.2, 0.25) is 5.02 Å². The number of benzene rings is 2. The lowest BCUT2D eigenvalue weighted by Gasteiger charge is -2.38. The van der Waals surface area contributed by atoms with Crippen molar-refractivity contribution in [3.8, 4) is 5.75 Å². The second-order valence-electron chi connectivity index (χ2n) is 9.42. The number of aliphatic hydroxyl groups is 2. The average molecular weight is 536 g/mol. The Kier molecular flexibility index (Phi) is 9.90. The second-order valence-corrected chi connectivity index (χ2v) is 9.85. The number of halogens is 1. The fourth-order valence-corrected chi connectivity index (χ4v) is 4.79. The van der Waals surface area contributed by atoms with Crippen molar-refractivity contribution in [2.45, 2.75) is 24.9 Å². The van der Waals surface area contributed by atoms with Crippen LogP contribution in [0.25, 0.3) is 5.57 Å². The predicted molar refractivity (Wildman–Crippen MR) is 149 cm³/mol. The third-order valence-electron chi connectivity index (χ3n) is 6.78. The number of likely N-dealkylation sites (tertiary alicyclic amines) is 1. The standard InChI is InChI=1S/C30H34ClN3O4/c31-26-10-8-25(9-11-26)30(37)12-17-34(18-13-30)16-3-7-28(24-5-2-14-32-21-24)23-4-1-6-27(20-23)38-22-29(36)33-15-19-35/h1-2,4-11,14,20-21,35,37H,3,12-13,15-19,22H2,(H,33,36)/b28-7-. The van der Waals surface area contributed by atoms with Crippen LogP contribution in [0, 0.1) is 0 Å². The van der Waals surface area contributed by atoms with Crippen LogP contribution >= 0.6 is 11.6 Å². The van der Waals surface area contributed by atoms with Gasteiger partial charge < -0.3 is 25.2 Å². The summed E-state index contributed by atoms with van der Waals surface area (Å²) in [6.45, 7) is 2.48. The number of aromatic nitrogens is 1. The molecule has 38 heavy (non-hydrogen) atoms. The van der Waals surface area contributed by atoms with Crippen molar-refractivity contribution < 1.29 is 19.7 Å². The van der Waals surface area contributed by atoms with E-state index in [1.807, 2.05) is 66.9 Å². The highest BCUT2D eigenvalue weighted by Crippen LogP contribution is 2.33. The Labute approximate surface area is 228 Å². The maximum absolute atomic E-state index is 11.8. The zero-order chi connectivity index (χ0) is 26.8. The van der Waals surface area contributed by atoms with E-state index >= 15 is 0 Å². The van der Waals surface area contributed by atoms with Gasteiger partial charge in [-0.3, -0.25) is 9.78 Å². The number of rotatable bonds is 11. The molecule has 8 heteroatoms. The van der Waals surface area contributed by atoms with Gasteiger partial charge in [0.15, 0.2) is 6.61 Å². The molecule has 0 spiro atoms. The quantitative estimate of drug-likeness (QED) is 0.343. The van der Waals surface area contributed by atoms with Crippen molar-refractivity contribution in [3.05, 3.63) is 101 Å². The molecule has 0 bridgehead atoms. The lowest BCUT2D eigenvalue weighted by Crippen LogP contribution is -2.42. The Balaban J connectivity index is 1.40. The average Bonchev–Trinajstić information content (AvgIpc) is 2.95. The Morgan fingerprint density at radius 2 is 1.87 bits per heavy atom. The minimum absolute atomic E-state index is 0.110. The molecule has 1 aliphatic heterocycles. The maximum Gasteiger partial charge on any atom is 0.258 e. The molecular weight excluding hydrogens is 502 g/mol. The summed E-state index contributed by atoms with van der Waals surface area (Å²) in [7, 11) is 0. The highest BCUT2D eigenvalue weighted by Gasteiger charge is 2.33. The first-order valence-electron chi connectivity index (χ1n) is 12.9. The van der Waals surface area contributed by atoms with Gasteiger partial charge >= 0.3 is 0 Å². The molecule has 1 fully saturated rings. The van der Waals surface area contributed by atoms with Crippen LogP contribution in [0.15, 0.2) is 79.1 Å². The minimum atomic E-state index is -0.812. The largest absolute Gasteiger partial charge is 0.484 e. The predicted octanol–water partition coefficient (Wildman–Crippen LogP) is 4.03. The molecule has 2 aromatic carbocycles. The van der Waals surface area contributed by atoms with Crippen molar-refractivity contribution in [3.63, 3.8) is 0 Å². The first-order valence-corrected chi connectivity index (χ1v) is 13.3. The van der Waals surface area contributed by atoms with Crippen molar-refractivity contribution in [1.29, 1.82) is 0 Å². The molecule has 200 valence electrons. The first kappa shape index (κ1) is 27.8. The molecule has 0 atom stereocenters. The number of hydrogen-bond donors (Lipinski definition) is 3. The smallest absolute Gasteiger partial charge is 0.258 e. The number of carbonyl (C=O) groups is 1. The van der Waals surface area contributed by atoms with Crippen LogP contribution in [0.1, 0.15) is 36.0 Å². The maximum atomic E-state index is 11.8. The summed E-state index contributed by atoms with van der Waals surface area (Å²) < 4.78 is 5.68. The van der Waals surface area contributed by atoms with Crippen molar-refractivity contribution >= 4 is 23.1 Å². The zero-order valence-electron chi connectivity index (χ0n) is 21.4. The Morgan fingerprint density at radius 3 is 2.58 bits per heavy atom. The number of aliphatic hydroxyl groups excluding tert-OH is 1. The lowest BCUT2D eigenvalue weighted by atomic mass is 9.84. The lowest BCUT2D eigenvalue weighted by molar-refractivity contribution is -0.123. The van der Waals surface area contributed by atoms with Crippen molar-refractivity contribution in [2.75, 3.05) is 39.4 Å². The Morgan fingerprint density at radius 1 is 1.11 bits per heavy atom. The SMILES string of the molecule is O=C(COc1cccc(/C(=C/CCN2CCC(O)(c3ccc(Cl)cc3)CC2)c2cccnc2)c1)NCCO. The highest BCUT2D eigenvalue weighted by atomic mass is 35.5. The van der Waals surface area contributed by atoms with Gasteiger partial charge in [0.25, 0.3) is 5.91 Å². The number of amides is 1. The summed E-state index contributed by atoms with van der Waals surface area (Å²) in [5, 5.41) is 23.3. The Bertz CT molecular complexity index is 1210. The van der Waals surface area contributed by atoms with E-state index in [0.29, 0.717) is 23.6 Å². The van der Waals surface area contributed by atoms with E-state index in [-0.39, 0.29) is 25.7 Å². The van der Waals surface area contributed by atoms with E-state index in [1.54, 1.807) is 6.20 Å². The van der Waals surface area contributed by atoms with Gasteiger partial charge in [0, 0.05) is 49.2 Å². The van der Waals surface area contributed by atoms with E-state index in [0.717, 1.165) is 48.3 Å². The summed E-state index contributed by atoms with van der Waals surface area (Å²) in [5.41, 5.74) is 3.13. The molecule has 0 radical (unpaired) electrons. The molecule has 1 aromatic heterocycles. The van der Waals surface area contributed by atoms with Crippen LogP contribution in [0.5, 0.6) is 5.75 Å². The molecule has 0 saturated carbocycles. The number of hydrogen-bond acceptors (Lipinski definition) is 6. The van der Waals surface area contributed by atoms with E-state index in [9.17, 15) is 9.90 Å². The van der Waals surface area contributed by atoms with Gasteiger partial charge in [0.1, 0.15) is 5.75 Å². The van der Waals surface area contributed by atoms with Crippen LogP contribution in [-0.4, -0.2) is 65.4 Å². The van der Waals surface area contributed by atoms with E-state index in [2.05, 4.69) is 21.3 Å². The van der Waals surface area contributed by atoms with Gasteiger partial charge in [-0.2, -0.15) is 0 Å². The summed E-state index contributed by atoms with van der Waals surface area (Å²) >= 11 is 6.01. The molecule has 1 saturated heterocycles. The fraction of sp³-hybridized carbons (Fsp3) is 0.333. The second kappa shape index (κ2) is 13.5. The number of ether oxygens (including phenoxy) is 1. The normalized spacial score (nSPS) is 15.7. The van der Waals surface area contributed by atoms with Gasteiger partial charge in [0.05, 0.1) is 12.2 Å². The zero-order valence-corrected chi connectivity index (χ0v) is 22.1. The molecule has 1 aliphatic rings.